The number of hydrogen-bond donors (Lipinski definition) is 1. The third-order valence-corrected chi connectivity index (χ3v) is 2.30. The summed E-state index contributed by atoms with van der Waals surface area (Å²) in [5.41, 5.74) is 0. The lowest BCUT2D eigenvalue weighted by atomic mass is 10.1. The summed E-state index contributed by atoms with van der Waals surface area (Å²) < 4.78 is 5.44. The van der Waals surface area contributed by atoms with Crippen molar-refractivity contribution >= 4 is 5.90 Å². The lowest BCUT2D eigenvalue weighted by Crippen LogP contribution is -2.13. The van der Waals surface area contributed by atoms with E-state index >= 15 is 0 Å². The van der Waals surface area contributed by atoms with Crippen molar-refractivity contribution in [3.05, 3.63) is 0 Å². The number of unbranched alkanes of at least 4 members (excludes halogenated alkanes) is 1. The van der Waals surface area contributed by atoms with Gasteiger partial charge in [-0.05, 0) is 18.8 Å². The van der Waals surface area contributed by atoms with Crippen molar-refractivity contribution in [2.45, 2.75) is 39.2 Å². The molecule has 0 aromatic rings. The fourth-order valence-corrected chi connectivity index (χ4v) is 1.31. The van der Waals surface area contributed by atoms with Gasteiger partial charge in [-0.3, -0.25) is 0 Å². The zero-order valence-electron chi connectivity index (χ0n) is 8.49. The molecule has 1 rings (SSSR count). The number of rotatable bonds is 5. The Morgan fingerprint density at radius 1 is 1.54 bits per heavy atom. The highest BCUT2D eigenvalue weighted by atomic mass is 16.5. The van der Waals surface area contributed by atoms with E-state index in [9.17, 15) is 0 Å². The van der Waals surface area contributed by atoms with Crippen LogP contribution in [0.5, 0.6) is 0 Å². The third kappa shape index (κ3) is 3.35. The van der Waals surface area contributed by atoms with Gasteiger partial charge in [-0.25, -0.2) is 4.99 Å². The van der Waals surface area contributed by atoms with E-state index in [-0.39, 0.29) is 6.61 Å². The molecule has 76 valence electrons. The summed E-state index contributed by atoms with van der Waals surface area (Å²) in [6, 6.07) is 0.351. The number of aliphatic hydroxyl groups is 1. The van der Waals surface area contributed by atoms with Crippen molar-refractivity contribution in [3.8, 4) is 0 Å². The lowest BCUT2D eigenvalue weighted by Gasteiger charge is -2.06. The first-order valence-electron chi connectivity index (χ1n) is 5.04. The summed E-state index contributed by atoms with van der Waals surface area (Å²) in [6.45, 7) is 5.33. The van der Waals surface area contributed by atoms with Crippen LogP contribution in [0.3, 0.4) is 0 Å². The number of hydrogen-bond acceptors (Lipinski definition) is 3. The number of aliphatic imine (C=N–C) groups is 1. The molecule has 0 aromatic heterocycles. The molecule has 1 atom stereocenters. The Labute approximate surface area is 79.8 Å². The third-order valence-electron chi connectivity index (χ3n) is 2.30. The van der Waals surface area contributed by atoms with Crippen molar-refractivity contribution in [3.63, 3.8) is 0 Å². The average molecular weight is 185 g/mol. The fourth-order valence-electron chi connectivity index (χ4n) is 1.31. The molecule has 0 fully saturated rings. The van der Waals surface area contributed by atoms with E-state index in [1.165, 1.54) is 0 Å². The Kier molecular flexibility index (Phi) is 4.22. The normalized spacial score (nSPS) is 21.8. The van der Waals surface area contributed by atoms with E-state index in [1.807, 2.05) is 0 Å². The zero-order valence-corrected chi connectivity index (χ0v) is 8.49. The van der Waals surface area contributed by atoms with E-state index < -0.39 is 0 Å². The summed E-state index contributed by atoms with van der Waals surface area (Å²) in [5.74, 6) is 1.45. The van der Waals surface area contributed by atoms with Gasteiger partial charge in [0.05, 0.1) is 6.04 Å². The number of aliphatic hydroxyl groups excluding tert-OH is 1. The maximum absolute atomic E-state index is 8.60. The van der Waals surface area contributed by atoms with E-state index in [4.69, 9.17) is 9.84 Å². The maximum atomic E-state index is 8.60. The van der Waals surface area contributed by atoms with Gasteiger partial charge in [-0.1, -0.05) is 13.8 Å². The van der Waals surface area contributed by atoms with Crippen LogP contribution in [-0.2, 0) is 4.74 Å². The van der Waals surface area contributed by atoms with Gasteiger partial charge in [0.15, 0.2) is 5.90 Å². The van der Waals surface area contributed by atoms with Crippen molar-refractivity contribution in [2.24, 2.45) is 10.9 Å². The summed E-state index contributed by atoms with van der Waals surface area (Å²) in [7, 11) is 0. The second kappa shape index (κ2) is 5.22. The van der Waals surface area contributed by atoms with Crippen LogP contribution >= 0.6 is 0 Å². The molecule has 0 aromatic carbocycles. The van der Waals surface area contributed by atoms with E-state index in [1.54, 1.807) is 0 Å². The van der Waals surface area contributed by atoms with Crippen LogP contribution in [0.25, 0.3) is 0 Å². The smallest absolute Gasteiger partial charge is 0.183 e. The molecule has 0 bridgehead atoms. The molecule has 0 aliphatic carbocycles. The van der Waals surface area contributed by atoms with E-state index in [0.29, 0.717) is 12.0 Å². The molecule has 0 spiro atoms. The van der Waals surface area contributed by atoms with Crippen LogP contribution in [0.2, 0.25) is 0 Å². The van der Waals surface area contributed by atoms with Crippen LogP contribution in [0, 0.1) is 5.92 Å². The Morgan fingerprint density at radius 2 is 2.31 bits per heavy atom. The topological polar surface area (TPSA) is 41.8 Å². The molecule has 1 heterocycles. The van der Waals surface area contributed by atoms with Crippen molar-refractivity contribution in [1.82, 2.24) is 0 Å². The minimum Gasteiger partial charge on any atom is -0.479 e. The van der Waals surface area contributed by atoms with Crippen LogP contribution in [0.15, 0.2) is 4.99 Å². The van der Waals surface area contributed by atoms with Crippen LogP contribution in [0.4, 0.5) is 0 Å². The molecule has 0 amide bonds. The van der Waals surface area contributed by atoms with E-state index in [0.717, 1.165) is 31.8 Å². The average Bonchev–Trinajstić information content (AvgIpc) is 2.53. The first-order valence-corrected chi connectivity index (χ1v) is 5.04. The SMILES string of the molecule is CC(C)C1COC(CCCCO)=N1. The van der Waals surface area contributed by atoms with Gasteiger partial charge < -0.3 is 9.84 Å². The van der Waals surface area contributed by atoms with Crippen molar-refractivity contribution < 1.29 is 9.84 Å². The second-order valence-corrected chi connectivity index (χ2v) is 3.83. The van der Waals surface area contributed by atoms with Crippen LogP contribution in [-0.4, -0.2) is 30.3 Å². The summed E-state index contributed by atoms with van der Waals surface area (Å²) in [4.78, 5) is 4.47. The highest BCUT2D eigenvalue weighted by Gasteiger charge is 2.20. The highest BCUT2D eigenvalue weighted by Crippen LogP contribution is 2.15. The summed E-state index contributed by atoms with van der Waals surface area (Å²) >= 11 is 0. The molecule has 0 radical (unpaired) electrons. The van der Waals surface area contributed by atoms with Gasteiger partial charge in [-0.2, -0.15) is 0 Å². The zero-order chi connectivity index (χ0) is 9.68. The van der Waals surface area contributed by atoms with Gasteiger partial charge in [0.25, 0.3) is 0 Å². The molecule has 0 saturated carbocycles. The van der Waals surface area contributed by atoms with E-state index in [2.05, 4.69) is 18.8 Å². The van der Waals surface area contributed by atoms with Gasteiger partial charge in [0, 0.05) is 13.0 Å². The predicted molar refractivity (Wildman–Crippen MR) is 52.9 cm³/mol. The van der Waals surface area contributed by atoms with Gasteiger partial charge in [0.2, 0.25) is 0 Å². The van der Waals surface area contributed by atoms with Crippen molar-refractivity contribution in [2.75, 3.05) is 13.2 Å². The quantitative estimate of drug-likeness (QED) is 0.661. The fraction of sp³-hybridized carbons (Fsp3) is 0.900. The molecule has 1 aliphatic rings. The molecule has 13 heavy (non-hydrogen) atoms. The summed E-state index contributed by atoms with van der Waals surface area (Å²) in [5, 5.41) is 8.60. The number of nitrogens with zero attached hydrogens (tertiary/aromatic N) is 1. The van der Waals surface area contributed by atoms with Crippen LogP contribution in [0.1, 0.15) is 33.1 Å². The number of ether oxygens (including phenoxy) is 1. The predicted octanol–water partition coefficient (Wildman–Crippen LogP) is 1.60. The molecule has 3 heteroatoms. The van der Waals surface area contributed by atoms with Crippen LogP contribution < -0.4 is 0 Å². The molecule has 3 nitrogen and oxygen atoms in total. The molecule has 1 N–H and O–H groups in total. The monoisotopic (exact) mass is 185 g/mol. The minimum absolute atomic E-state index is 0.265. The molecular weight excluding hydrogens is 166 g/mol. The first-order chi connectivity index (χ1) is 6.24. The molecule has 1 aliphatic heterocycles. The molecule has 1 unspecified atom stereocenters. The summed E-state index contributed by atoms with van der Waals surface area (Å²) in [6.07, 6.45) is 2.69. The lowest BCUT2D eigenvalue weighted by molar-refractivity contribution is 0.274. The van der Waals surface area contributed by atoms with Crippen molar-refractivity contribution in [1.29, 1.82) is 0 Å². The van der Waals surface area contributed by atoms with Gasteiger partial charge in [0.1, 0.15) is 6.61 Å². The Balaban J connectivity index is 2.24. The molecule has 0 saturated heterocycles. The maximum Gasteiger partial charge on any atom is 0.183 e. The second-order valence-electron chi connectivity index (χ2n) is 3.83. The Bertz CT molecular complexity index is 178. The highest BCUT2D eigenvalue weighted by molar-refractivity contribution is 5.77. The Hall–Kier alpha value is -0.570. The largest absolute Gasteiger partial charge is 0.479 e. The standard InChI is InChI=1S/C10H19NO2/c1-8(2)9-7-13-10(11-9)5-3-4-6-12/h8-9,12H,3-7H2,1-2H3. The minimum atomic E-state index is 0.265. The Morgan fingerprint density at radius 3 is 2.85 bits per heavy atom. The first kappa shape index (κ1) is 10.5. The van der Waals surface area contributed by atoms with Gasteiger partial charge >= 0.3 is 0 Å². The van der Waals surface area contributed by atoms with Gasteiger partial charge in [-0.15, -0.1) is 0 Å². The molecular formula is C10H19NO2.